The molecule has 0 atom stereocenters. The first-order valence-electron chi connectivity index (χ1n) is 6.56. The molecule has 0 fully saturated rings. The molecule has 1 amide bonds. The molecule has 0 saturated heterocycles. The maximum atomic E-state index is 13.1. The van der Waals surface area contributed by atoms with E-state index in [0.717, 1.165) is 10.4 Å². The van der Waals surface area contributed by atoms with Crippen molar-refractivity contribution in [2.75, 3.05) is 20.2 Å². The van der Waals surface area contributed by atoms with E-state index < -0.39 is 24.9 Å². The number of nitrogens with one attached hydrogen (secondary N) is 1. The van der Waals surface area contributed by atoms with Crippen molar-refractivity contribution < 1.29 is 18.3 Å². The average Bonchev–Trinajstić information content (AvgIpc) is 2.98. The van der Waals surface area contributed by atoms with Crippen LogP contribution in [0.1, 0.15) is 9.67 Å². The highest BCUT2D eigenvalue weighted by Crippen LogP contribution is 2.36. The largest absolute Gasteiger partial charge is 0.495 e. The van der Waals surface area contributed by atoms with E-state index in [2.05, 4.69) is 5.32 Å². The third kappa shape index (κ3) is 3.80. The van der Waals surface area contributed by atoms with Crippen LogP contribution in [0, 0.1) is 0 Å². The van der Waals surface area contributed by atoms with E-state index in [1.807, 2.05) is 30.3 Å². The fourth-order valence-electron chi connectivity index (χ4n) is 1.79. The van der Waals surface area contributed by atoms with Gasteiger partial charge in [0, 0.05) is 4.88 Å². The number of hydrogen-bond acceptors (Lipinski definition) is 4. The summed E-state index contributed by atoms with van der Waals surface area (Å²) in [6.45, 7) is -1.62. The number of carbonyl (C=O) groups is 1. The third-order valence-electron chi connectivity index (χ3n) is 2.99. The monoisotopic (exact) mass is 326 g/mol. The molecule has 0 unspecified atom stereocenters. The van der Waals surface area contributed by atoms with Crippen molar-refractivity contribution in [3.8, 4) is 16.2 Å². The van der Waals surface area contributed by atoms with Crippen LogP contribution in [0.3, 0.4) is 0 Å². The van der Waals surface area contributed by atoms with Crippen LogP contribution >= 0.6 is 11.3 Å². The smallest absolute Gasteiger partial charge is 0.277 e. The Bertz CT molecular complexity index is 644. The molecule has 3 N–H and O–H groups in total. The highest BCUT2D eigenvalue weighted by atomic mass is 32.1. The molecule has 1 aromatic heterocycles. The Kier molecular flexibility index (Phi) is 5.10. The van der Waals surface area contributed by atoms with Crippen LogP contribution in [-0.4, -0.2) is 32.0 Å². The number of alkyl halides is 2. The van der Waals surface area contributed by atoms with Gasteiger partial charge in [0.15, 0.2) is 0 Å². The number of amides is 1. The number of hydrogen-bond donors (Lipinski definition) is 2. The van der Waals surface area contributed by atoms with Gasteiger partial charge in [-0.3, -0.25) is 4.79 Å². The Balaban J connectivity index is 2.20. The fourth-order valence-corrected chi connectivity index (χ4v) is 2.84. The lowest BCUT2D eigenvalue weighted by atomic mass is 10.2. The number of rotatable bonds is 6. The number of thiophene rings is 1. The summed E-state index contributed by atoms with van der Waals surface area (Å²) in [5.41, 5.74) is 5.87. The van der Waals surface area contributed by atoms with Gasteiger partial charge in [-0.1, -0.05) is 30.3 Å². The van der Waals surface area contributed by atoms with E-state index in [1.165, 1.54) is 18.4 Å². The summed E-state index contributed by atoms with van der Waals surface area (Å²) in [5, 5.41) is 2.19. The molecule has 7 heteroatoms. The summed E-state index contributed by atoms with van der Waals surface area (Å²) in [6.07, 6.45) is 0. The van der Waals surface area contributed by atoms with E-state index in [9.17, 15) is 13.6 Å². The zero-order valence-corrected chi connectivity index (χ0v) is 12.8. The summed E-state index contributed by atoms with van der Waals surface area (Å²) >= 11 is 1.19. The SMILES string of the molecule is COc1cc(-c2ccccc2)sc1C(=O)NCC(F)(F)CN. The second-order valence-corrected chi connectivity index (χ2v) is 5.67. The predicted molar refractivity (Wildman–Crippen MR) is 82.6 cm³/mol. The molecule has 1 aromatic carbocycles. The Morgan fingerprint density at radius 3 is 2.64 bits per heavy atom. The minimum Gasteiger partial charge on any atom is -0.495 e. The van der Waals surface area contributed by atoms with E-state index in [1.54, 1.807) is 6.07 Å². The molecular formula is C15H16F2N2O2S. The van der Waals surface area contributed by atoms with E-state index in [4.69, 9.17) is 10.5 Å². The van der Waals surface area contributed by atoms with Gasteiger partial charge in [0.1, 0.15) is 10.6 Å². The van der Waals surface area contributed by atoms with Gasteiger partial charge in [0.05, 0.1) is 20.2 Å². The second-order valence-electron chi connectivity index (χ2n) is 4.62. The molecule has 0 aliphatic rings. The third-order valence-corrected chi connectivity index (χ3v) is 4.15. The Morgan fingerprint density at radius 2 is 2.05 bits per heavy atom. The Labute approximate surface area is 130 Å². The standard InChI is InChI=1S/C15H16F2N2O2S/c1-21-11-7-12(10-5-3-2-4-6-10)22-13(11)14(20)19-9-15(16,17)8-18/h2-7H,8-9,18H2,1H3,(H,19,20). The van der Waals surface area contributed by atoms with Gasteiger partial charge < -0.3 is 15.8 Å². The van der Waals surface area contributed by atoms with Gasteiger partial charge in [-0.25, -0.2) is 8.78 Å². The molecule has 0 aliphatic heterocycles. The Hall–Kier alpha value is -1.99. The molecule has 22 heavy (non-hydrogen) atoms. The normalized spacial score (nSPS) is 11.3. The average molecular weight is 326 g/mol. The van der Waals surface area contributed by atoms with E-state index in [-0.39, 0.29) is 4.88 Å². The first kappa shape index (κ1) is 16.4. The highest BCUT2D eigenvalue weighted by molar-refractivity contribution is 7.17. The van der Waals surface area contributed by atoms with Crippen molar-refractivity contribution in [1.82, 2.24) is 5.32 Å². The van der Waals surface area contributed by atoms with Crippen molar-refractivity contribution in [2.45, 2.75) is 5.92 Å². The zero-order chi connectivity index (χ0) is 16.2. The minimum atomic E-state index is -3.12. The van der Waals surface area contributed by atoms with Crippen molar-refractivity contribution in [1.29, 1.82) is 0 Å². The molecule has 0 radical (unpaired) electrons. The molecule has 0 spiro atoms. The van der Waals surface area contributed by atoms with Gasteiger partial charge >= 0.3 is 0 Å². The lowest BCUT2D eigenvalue weighted by Crippen LogP contribution is -2.41. The highest BCUT2D eigenvalue weighted by Gasteiger charge is 2.28. The molecule has 2 aromatic rings. The Morgan fingerprint density at radius 1 is 1.36 bits per heavy atom. The van der Waals surface area contributed by atoms with Crippen LogP contribution in [0.2, 0.25) is 0 Å². The lowest BCUT2D eigenvalue weighted by molar-refractivity contribution is 0.0119. The van der Waals surface area contributed by atoms with Crippen LogP contribution in [-0.2, 0) is 0 Å². The zero-order valence-electron chi connectivity index (χ0n) is 11.9. The number of benzene rings is 1. The molecule has 0 saturated carbocycles. The number of carbonyl (C=O) groups excluding carboxylic acids is 1. The van der Waals surface area contributed by atoms with Gasteiger partial charge in [-0.15, -0.1) is 11.3 Å². The summed E-state index contributed by atoms with van der Waals surface area (Å²) < 4.78 is 31.4. The minimum absolute atomic E-state index is 0.258. The number of nitrogens with two attached hydrogens (primary N) is 1. The van der Waals surface area contributed by atoms with E-state index in [0.29, 0.717) is 5.75 Å². The molecule has 0 aliphatic carbocycles. The van der Waals surface area contributed by atoms with Crippen molar-refractivity contribution in [2.24, 2.45) is 5.73 Å². The maximum absolute atomic E-state index is 13.1. The van der Waals surface area contributed by atoms with Gasteiger partial charge in [-0.05, 0) is 11.6 Å². The first-order valence-corrected chi connectivity index (χ1v) is 7.38. The molecule has 118 valence electrons. The second kappa shape index (κ2) is 6.85. The summed E-state index contributed by atoms with van der Waals surface area (Å²) in [4.78, 5) is 13.2. The van der Waals surface area contributed by atoms with Crippen LogP contribution < -0.4 is 15.8 Å². The molecule has 1 heterocycles. The van der Waals surface area contributed by atoms with Crippen LogP contribution in [0.5, 0.6) is 5.75 Å². The predicted octanol–water partition coefficient (Wildman–Crippen LogP) is 2.75. The van der Waals surface area contributed by atoms with Gasteiger partial charge in [-0.2, -0.15) is 0 Å². The van der Waals surface area contributed by atoms with Crippen molar-refractivity contribution >= 4 is 17.2 Å². The van der Waals surface area contributed by atoms with E-state index >= 15 is 0 Å². The lowest BCUT2D eigenvalue weighted by Gasteiger charge is -2.14. The van der Waals surface area contributed by atoms with Crippen molar-refractivity contribution in [3.05, 3.63) is 41.3 Å². The van der Waals surface area contributed by atoms with Crippen LogP contribution in [0.25, 0.3) is 10.4 Å². The van der Waals surface area contributed by atoms with Crippen molar-refractivity contribution in [3.63, 3.8) is 0 Å². The quantitative estimate of drug-likeness (QED) is 0.858. The summed E-state index contributed by atoms with van der Waals surface area (Å²) in [6, 6.07) is 11.2. The molecule has 4 nitrogen and oxygen atoms in total. The number of ether oxygens (including phenoxy) is 1. The molecular weight excluding hydrogens is 310 g/mol. The topological polar surface area (TPSA) is 64.3 Å². The van der Waals surface area contributed by atoms with Crippen LogP contribution in [0.15, 0.2) is 36.4 Å². The van der Waals surface area contributed by atoms with Crippen LogP contribution in [0.4, 0.5) is 8.78 Å². The summed E-state index contributed by atoms with van der Waals surface area (Å²) in [7, 11) is 1.43. The fraction of sp³-hybridized carbons (Fsp3) is 0.267. The maximum Gasteiger partial charge on any atom is 0.277 e. The van der Waals surface area contributed by atoms with Gasteiger partial charge in [0.2, 0.25) is 0 Å². The molecule has 0 bridgehead atoms. The number of methoxy groups -OCH3 is 1. The number of halogens is 2. The summed E-state index contributed by atoms with van der Waals surface area (Å²) in [5.74, 6) is -3.36. The van der Waals surface area contributed by atoms with Gasteiger partial charge in [0.25, 0.3) is 11.8 Å². The molecule has 2 rings (SSSR count). The first-order chi connectivity index (χ1) is 10.5.